The van der Waals surface area contributed by atoms with Crippen LogP contribution in [-0.2, 0) is 9.53 Å². The Morgan fingerprint density at radius 1 is 1.47 bits per heavy atom. The normalized spacial score (nSPS) is 16.7. The minimum absolute atomic E-state index is 0.277. The number of carbonyl (C=O) groups excluding carboxylic acids is 1. The highest BCUT2D eigenvalue weighted by atomic mass is 32.2. The van der Waals surface area contributed by atoms with E-state index in [2.05, 4.69) is 5.32 Å². The van der Waals surface area contributed by atoms with E-state index in [-0.39, 0.29) is 5.91 Å². The lowest BCUT2D eigenvalue weighted by Gasteiger charge is -2.27. The third kappa shape index (κ3) is 5.39. The van der Waals surface area contributed by atoms with Gasteiger partial charge in [-0.3, -0.25) is 4.79 Å². The summed E-state index contributed by atoms with van der Waals surface area (Å²) in [5, 5.41) is 3.24. The predicted molar refractivity (Wildman–Crippen MR) is 63.3 cm³/mol. The van der Waals surface area contributed by atoms with Crippen LogP contribution in [0.15, 0.2) is 0 Å². The topological polar surface area (TPSA) is 41.6 Å². The molecule has 1 rings (SSSR count). The zero-order chi connectivity index (χ0) is 10.9. The molecule has 1 saturated heterocycles. The minimum atomic E-state index is 0.277. The molecule has 1 heterocycles. The largest absolute Gasteiger partial charge is 0.385 e. The average molecular weight is 232 g/mol. The number of hydrogen-bond donors (Lipinski definition) is 1. The fraction of sp³-hybridized carbons (Fsp3) is 0.900. The summed E-state index contributed by atoms with van der Waals surface area (Å²) in [4.78, 5) is 13.6. The molecule has 15 heavy (non-hydrogen) atoms. The second-order valence-corrected chi connectivity index (χ2v) is 4.63. The number of methoxy groups -OCH3 is 1. The highest BCUT2D eigenvalue weighted by molar-refractivity contribution is 7.99. The van der Waals surface area contributed by atoms with Gasteiger partial charge >= 0.3 is 0 Å². The Hall–Kier alpha value is -0.260. The maximum atomic E-state index is 11.7. The van der Waals surface area contributed by atoms with Gasteiger partial charge in [0.05, 0.1) is 5.75 Å². The van der Waals surface area contributed by atoms with Crippen molar-refractivity contribution in [3.05, 3.63) is 0 Å². The summed E-state index contributed by atoms with van der Waals surface area (Å²) in [6.07, 6.45) is 1.02. The Labute approximate surface area is 95.7 Å². The van der Waals surface area contributed by atoms with E-state index in [1.165, 1.54) is 0 Å². The number of hydrogen-bond acceptors (Lipinski definition) is 4. The van der Waals surface area contributed by atoms with Crippen LogP contribution >= 0.6 is 11.8 Å². The van der Waals surface area contributed by atoms with E-state index < -0.39 is 0 Å². The van der Waals surface area contributed by atoms with E-state index in [1.54, 1.807) is 18.9 Å². The fourth-order valence-electron chi connectivity index (χ4n) is 1.47. The van der Waals surface area contributed by atoms with E-state index in [9.17, 15) is 4.79 Å². The van der Waals surface area contributed by atoms with Gasteiger partial charge in [-0.25, -0.2) is 0 Å². The van der Waals surface area contributed by atoms with Crippen LogP contribution in [0.5, 0.6) is 0 Å². The Bertz CT molecular complexity index is 184. The predicted octanol–water partition coefficient (Wildman–Crippen LogP) is 0.188. The number of nitrogens with zero attached hydrogens (tertiary/aromatic N) is 1. The molecule has 88 valence electrons. The zero-order valence-electron chi connectivity index (χ0n) is 9.33. The lowest BCUT2D eigenvalue weighted by molar-refractivity contribution is -0.128. The van der Waals surface area contributed by atoms with Crippen LogP contribution in [0.1, 0.15) is 6.42 Å². The van der Waals surface area contributed by atoms with Gasteiger partial charge in [0.15, 0.2) is 0 Å². The second-order valence-electron chi connectivity index (χ2n) is 3.53. The van der Waals surface area contributed by atoms with Crippen LogP contribution < -0.4 is 5.32 Å². The number of ether oxygens (including phenoxy) is 1. The number of nitrogens with one attached hydrogen (secondary N) is 1. The zero-order valence-corrected chi connectivity index (χ0v) is 10.1. The molecule has 0 aromatic rings. The average Bonchev–Trinajstić information content (AvgIpc) is 2.30. The van der Waals surface area contributed by atoms with Gasteiger partial charge in [0.2, 0.25) is 5.91 Å². The number of piperazine rings is 1. The third-order valence-electron chi connectivity index (χ3n) is 2.33. The first-order valence-electron chi connectivity index (χ1n) is 5.40. The quantitative estimate of drug-likeness (QED) is 0.664. The van der Waals surface area contributed by atoms with Crippen molar-refractivity contribution in [3.63, 3.8) is 0 Å². The molecule has 1 N–H and O–H groups in total. The van der Waals surface area contributed by atoms with Gasteiger partial charge in [0.25, 0.3) is 0 Å². The van der Waals surface area contributed by atoms with Crippen LogP contribution in [0, 0.1) is 0 Å². The van der Waals surface area contributed by atoms with Gasteiger partial charge in [-0.1, -0.05) is 0 Å². The Morgan fingerprint density at radius 2 is 2.20 bits per heavy atom. The smallest absolute Gasteiger partial charge is 0.232 e. The highest BCUT2D eigenvalue weighted by Gasteiger charge is 2.15. The van der Waals surface area contributed by atoms with Crippen LogP contribution in [-0.4, -0.2) is 62.2 Å². The molecule has 0 aromatic carbocycles. The summed E-state index contributed by atoms with van der Waals surface area (Å²) in [6.45, 7) is 4.36. The van der Waals surface area contributed by atoms with Crippen molar-refractivity contribution in [2.45, 2.75) is 6.42 Å². The second kappa shape index (κ2) is 7.96. The number of rotatable bonds is 6. The van der Waals surface area contributed by atoms with E-state index in [4.69, 9.17) is 4.74 Å². The van der Waals surface area contributed by atoms with Gasteiger partial charge < -0.3 is 15.0 Å². The lowest BCUT2D eigenvalue weighted by Crippen LogP contribution is -2.47. The van der Waals surface area contributed by atoms with Crippen LogP contribution in [0.3, 0.4) is 0 Å². The molecule has 5 heteroatoms. The van der Waals surface area contributed by atoms with Crippen molar-refractivity contribution < 1.29 is 9.53 Å². The van der Waals surface area contributed by atoms with Crippen molar-refractivity contribution in [1.29, 1.82) is 0 Å². The van der Waals surface area contributed by atoms with Gasteiger partial charge in [0, 0.05) is 39.9 Å². The SMILES string of the molecule is COCCCSCC(=O)N1CCNCC1. The van der Waals surface area contributed by atoms with Crippen LogP contribution in [0.4, 0.5) is 0 Å². The van der Waals surface area contributed by atoms with Crippen molar-refractivity contribution >= 4 is 17.7 Å². The summed E-state index contributed by atoms with van der Waals surface area (Å²) in [7, 11) is 1.70. The van der Waals surface area contributed by atoms with Gasteiger partial charge in [-0.15, -0.1) is 0 Å². The fourth-order valence-corrected chi connectivity index (χ4v) is 2.29. The molecule has 4 nitrogen and oxygen atoms in total. The maximum Gasteiger partial charge on any atom is 0.232 e. The van der Waals surface area contributed by atoms with E-state index in [1.807, 2.05) is 4.90 Å². The molecule has 1 aliphatic heterocycles. The standard InChI is InChI=1S/C10H20N2O2S/c1-14-7-2-8-15-9-10(13)12-5-3-11-4-6-12/h11H,2-9H2,1H3. The van der Waals surface area contributed by atoms with Gasteiger partial charge in [0.1, 0.15) is 0 Å². The molecule has 0 bridgehead atoms. The van der Waals surface area contributed by atoms with Crippen LogP contribution in [0.25, 0.3) is 0 Å². The summed E-state index contributed by atoms with van der Waals surface area (Å²) in [5.74, 6) is 1.90. The van der Waals surface area contributed by atoms with Crippen molar-refractivity contribution in [3.8, 4) is 0 Å². The first-order valence-corrected chi connectivity index (χ1v) is 6.55. The Kier molecular flexibility index (Phi) is 6.80. The summed E-state index contributed by atoms with van der Waals surface area (Å²) < 4.78 is 4.95. The Morgan fingerprint density at radius 3 is 2.87 bits per heavy atom. The molecule has 0 saturated carbocycles. The molecule has 1 fully saturated rings. The van der Waals surface area contributed by atoms with E-state index >= 15 is 0 Å². The number of thioether (sulfide) groups is 1. The monoisotopic (exact) mass is 232 g/mol. The molecule has 0 radical (unpaired) electrons. The lowest BCUT2D eigenvalue weighted by atomic mass is 10.3. The molecule has 0 aromatic heterocycles. The molecular formula is C10H20N2O2S. The molecule has 0 unspecified atom stereocenters. The van der Waals surface area contributed by atoms with Gasteiger partial charge in [-0.05, 0) is 12.2 Å². The molecule has 0 aliphatic carbocycles. The summed E-state index contributed by atoms with van der Waals surface area (Å²) in [5.41, 5.74) is 0. The van der Waals surface area contributed by atoms with Gasteiger partial charge in [-0.2, -0.15) is 11.8 Å². The molecule has 0 spiro atoms. The van der Waals surface area contributed by atoms with E-state index in [0.29, 0.717) is 5.75 Å². The Balaban J connectivity index is 2.02. The van der Waals surface area contributed by atoms with Crippen molar-refractivity contribution in [1.82, 2.24) is 10.2 Å². The molecule has 0 atom stereocenters. The number of amides is 1. The van der Waals surface area contributed by atoms with E-state index in [0.717, 1.165) is 45.0 Å². The summed E-state index contributed by atoms with van der Waals surface area (Å²) >= 11 is 1.70. The first-order chi connectivity index (χ1) is 7.34. The highest BCUT2D eigenvalue weighted by Crippen LogP contribution is 2.05. The first kappa shape index (κ1) is 12.8. The molecule has 1 aliphatic rings. The number of carbonyl (C=O) groups is 1. The minimum Gasteiger partial charge on any atom is -0.385 e. The molecule has 1 amide bonds. The third-order valence-corrected chi connectivity index (χ3v) is 3.36. The van der Waals surface area contributed by atoms with Crippen LogP contribution in [0.2, 0.25) is 0 Å². The summed E-state index contributed by atoms with van der Waals surface area (Å²) in [6, 6.07) is 0. The maximum absolute atomic E-state index is 11.7. The molecular weight excluding hydrogens is 212 g/mol. The van der Waals surface area contributed by atoms with Crippen molar-refractivity contribution in [2.75, 3.05) is 51.4 Å². The van der Waals surface area contributed by atoms with Crippen molar-refractivity contribution in [2.24, 2.45) is 0 Å².